The van der Waals surface area contributed by atoms with Gasteiger partial charge in [-0.1, -0.05) is 36.4 Å². The van der Waals surface area contributed by atoms with E-state index < -0.39 is 0 Å². The summed E-state index contributed by atoms with van der Waals surface area (Å²) in [4.78, 5) is 11.9. The molecule has 25 heavy (non-hydrogen) atoms. The van der Waals surface area contributed by atoms with Gasteiger partial charge in [0.05, 0.1) is 12.9 Å². The molecule has 0 aliphatic carbocycles. The molecule has 1 N–H and O–H groups in total. The van der Waals surface area contributed by atoms with Crippen LogP contribution >= 0.6 is 23.5 Å². The summed E-state index contributed by atoms with van der Waals surface area (Å²) in [6.45, 7) is 2.86. The molecule has 2 rings (SSSR count). The third-order valence-electron chi connectivity index (χ3n) is 3.75. The highest BCUT2D eigenvalue weighted by Gasteiger charge is 2.03. The molecule has 0 unspecified atom stereocenters. The Balaban J connectivity index is 1.54. The van der Waals surface area contributed by atoms with Gasteiger partial charge >= 0.3 is 0 Å². The lowest BCUT2D eigenvalue weighted by molar-refractivity contribution is -0.118. The Kier molecular flexibility index (Phi) is 8.77. The highest BCUT2D eigenvalue weighted by Crippen LogP contribution is 2.17. The van der Waals surface area contributed by atoms with Crippen molar-refractivity contribution in [1.82, 2.24) is 5.32 Å². The van der Waals surface area contributed by atoms with Crippen LogP contribution in [0.15, 0.2) is 48.5 Å². The molecule has 0 saturated carbocycles. The summed E-state index contributed by atoms with van der Waals surface area (Å²) < 4.78 is 5.14. The zero-order valence-electron chi connectivity index (χ0n) is 14.8. The van der Waals surface area contributed by atoms with Gasteiger partial charge < -0.3 is 10.1 Å². The molecule has 0 aliphatic rings. The van der Waals surface area contributed by atoms with E-state index in [2.05, 4.69) is 36.5 Å². The fraction of sp³-hybridized carbons (Fsp3) is 0.350. The van der Waals surface area contributed by atoms with E-state index in [1.807, 2.05) is 36.0 Å². The van der Waals surface area contributed by atoms with Crippen LogP contribution in [0.1, 0.15) is 16.7 Å². The average molecular weight is 376 g/mol. The van der Waals surface area contributed by atoms with Crippen molar-refractivity contribution in [2.45, 2.75) is 18.4 Å². The standard InChI is InChI=1S/C20H25NO2S2/c1-16-5-3-4-6-18(16)14-24-12-11-21-20(22)15-25-13-17-7-9-19(23-2)10-8-17/h3-10H,11-15H2,1-2H3,(H,21,22). The number of hydrogen-bond acceptors (Lipinski definition) is 4. The van der Waals surface area contributed by atoms with Crippen molar-refractivity contribution in [2.75, 3.05) is 25.2 Å². The van der Waals surface area contributed by atoms with Crippen LogP contribution in [0.25, 0.3) is 0 Å². The second-order valence-corrected chi connectivity index (χ2v) is 7.76. The van der Waals surface area contributed by atoms with Crippen LogP contribution in [0.3, 0.4) is 0 Å². The highest BCUT2D eigenvalue weighted by molar-refractivity contribution is 7.99. The van der Waals surface area contributed by atoms with E-state index in [0.717, 1.165) is 29.6 Å². The largest absolute Gasteiger partial charge is 0.497 e. The Morgan fingerprint density at radius 1 is 1.04 bits per heavy atom. The van der Waals surface area contributed by atoms with Gasteiger partial charge in [-0.2, -0.15) is 11.8 Å². The molecule has 0 aliphatic heterocycles. The molecule has 2 aromatic carbocycles. The molecular weight excluding hydrogens is 350 g/mol. The Morgan fingerprint density at radius 3 is 2.52 bits per heavy atom. The fourth-order valence-corrected chi connectivity index (χ4v) is 4.00. The minimum Gasteiger partial charge on any atom is -0.497 e. The van der Waals surface area contributed by atoms with E-state index >= 15 is 0 Å². The number of methoxy groups -OCH3 is 1. The number of amides is 1. The predicted molar refractivity (Wildman–Crippen MR) is 110 cm³/mol. The van der Waals surface area contributed by atoms with Crippen LogP contribution in [0.5, 0.6) is 5.75 Å². The first-order valence-corrected chi connectivity index (χ1v) is 10.6. The molecule has 0 radical (unpaired) electrons. The van der Waals surface area contributed by atoms with Gasteiger partial charge in [0.2, 0.25) is 5.91 Å². The second-order valence-electron chi connectivity index (χ2n) is 5.67. The van der Waals surface area contributed by atoms with Crippen LogP contribution in [0.4, 0.5) is 0 Å². The molecule has 0 saturated heterocycles. The van der Waals surface area contributed by atoms with E-state index in [1.54, 1.807) is 18.9 Å². The summed E-state index contributed by atoms with van der Waals surface area (Å²) in [6.07, 6.45) is 0. The molecule has 134 valence electrons. The van der Waals surface area contributed by atoms with Crippen molar-refractivity contribution < 1.29 is 9.53 Å². The maximum Gasteiger partial charge on any atom is 0.230 e. The normalized spacial score (nSPS) is 10.5. The Bertz CT molecular complexity index is 659. The molecule has 5 heteroatoms. The molecule has 0 spiro atoms. The van der Waals surface area contributed by atoms with Gasteiger partial charge in [0.15, 0.2) is 0 Å². The number of rotatable bonds is 10. The van der Waals surface area contributed by atoms with Crippen molar-refractivity contribution in [3.63, 3.8) is 0 Å². The van der Waals surface area contributed by atoms with Gasteiger partial charge in [0.1, 0.15) is 5.75 Å². The van der Waals surface area contributed by atoms with Gasteiger partial charge in [0, 0.05) is 23.8 Å². The first-order chi connectivity index (χ1) is 12.2. The molecular formula is C20H25NO2S2. The molecule has 0 fully saturated rings. The van der Waals surface area contributed by atoms with Crippen LogP contribution in [-0.2, 0) is 16.3 Å². The SMILES string of the molecule is COc1ccc(CSCC(=O)NCCSCc2ccccc2C)cc1. The molecule has 0 heterocycles. The lowest BCUT2D eigenvalue weighted by Gasteiger charge is -2.07. The quantitative estimate of drug-likeness (QED) is 0.629. The number of aryl methyl sites for hydroxylation is 1. The fourth-order valence-electron chi connectivity index (χ4n) is 2.25. The Hall–Kier alpha value is -1.59. The van der Waals surface area contributed by atoms with Gasteiger partial charge in [-0.15, -0.1) is 11.8 Å². The minimum atomic E-state index is 0.106. The lowest BCUT2D eigenvalue weighted by Crippen LogP contribution is -2.27. The van der Waals surface area contributed by atoms with E-state index in [0.29, 0.717) is 5.75 Å². The zero-order chi connectivity index (χ0) is 17.9. The second kappa shape index (κ2) is 11.1. The third kappa shape index (κ3) is 7.45. The maximum atomic E-state index is 11.9. The maximum absolute atomic E-state index is 11.9. The molecule has 0 atom stereocenters. The molecule has 0 bridgehead atoms. The van der Waals surface area contributed by atoms with E-state index in [4.69, 9.17) is 4.74 Å². The van der Waals surface area contributed by atoms with Crippen LogP contribution < -0.4 is 10.1 Å². The van der Waals surface area contributed by atoms with Crippen LogP contribution in [0.2, 0.25) is 0 Å². The Labute approximate surface area is 158 Å². The van der Waals surface area contributed by atoms with Crippen LogP contribution in [0, 0.1) is 6.92 Å². The smallest absolute Gasteiger partial charge is 0.230 e. The highest BCUT2D eigenvalue weighted by atomic mass is 32.2. The van der Waals surface area contributed by atoms with Gasteiger partial charge in [-0.05, 0) is 35.7 Å². The van der Waals surface area contributed by atoms with Crippen molar-refractivity contribution >= 4 is 29.4 Å². The summed E-state index contributed by atoms with van der Waals surface area (Å²) in [6, 6.07) is 16.4. The number of carbonyl (C=O) groups excluding carboxylic acids is 1. The zero-order valence-corrected chi connectivity index (χ0v) is 16.4. The first-order valence-electron chi connectivity index (χ1n) is 8.28. The summed E-state index contributed by atoms with van der Waals surface area (Å²) in [5.41, 5.74) is 3.90. The summed E-state index contributed by atoms with van der Waals surface area (Å²) >= 11 is 3.48. The van der Waals surface area contributed by atoms with E-state index in [1.165, 1.54) is 16.7 Å². The monoisotopic (exact) mass is 375 g/mol. The third-order valence-corrected chi connectivity index (χ3v) is 5.76. The Morgan fingerprint density at radius 2 is 1.80 bits per heavy atom. The average Bonchev–Trinajstić information content (AvgIpc) is 2.63. The number of nitrogens with one attached hydrogen (secondary N) is 1. The molecule has 1 amide bonds. The summed E-state index contributed by atoms with van der Waals surface area (Å²) in [5, 5.41) is 2.99. The van der Waals surface area contributed by atoms with E-state index in [-0.39, 0.29) is 5.91 Å². The number of carbonyl (C=O) groups is 1. The topological polar surface area (TPSA) is 38.3 Å². The number of thioether (sulfide) groups is 2. The van der Waals surface area contributed by atoms with Crippen molar-refractivity contribution in [3.8, 4) is 5.75 Å². The molecule has 2 aromatic rings. The van der Waals surface area contributed by atoms with Crippen molar-refractivity contribution in [1.29, 1.82) is 0 Å². The van der Waals surface area contributed by atoms with Crippen LogP contribution in [-0.4, -0.2) is 31.1 Å². The number of ether oxygens (including phenoxy) is 1. The van der Waals surface area contributed by atoms with E-state index in [9.17, 15) is 4.79 Å². The van der Waals surface area contributed by atoms with Gasteiger partial charge in [0.25, 0.3) is 0 Å². The minimum absolute atomic E-state index is 0.106. The number of hydrogen-bond donors (Lipinski definition) is 1. The molecule has 0 aromatic heterocycles. The van der Waals surface area contributed by atoms with Crippen molar-refractivity contribution in [2.24, 2.45) is 0 Å². The van der Waals surface area contributed by atoms with Gasteiger partial charge in [-0.3, -0.25) is 4.79 Å². The lowest BCUT2D eigenvalue weighted by atomic mass is 10.1. The molecule has 3 nitrogen and oxygen atoms in total. The van der Waals surface area contributed by atoms with Gasteiger partial charge in [-0.25, -0.2) is 0 Å². The first kappa shape index (κ1) is 19.7. The summed E-state index contributed by atoms with van der Waals surface area (Å²) in [5.74, 6) is 4.22. The number of benzene rings is 2. The van der Waals surface area contributed by atoms with Crippen molar-refractivity contribution in [3.05, 3.63) is 65.2 Å². The predicted octanol–water partition coefficient (Wildman–Crippen LogP) is 4.29. The summed E-state index contributed by atoms with van der Waals surface area (Å²) in [7, 11) is 1.66.